The Balaban J connectivity index is 3.53. The van der Waals surface area contributed by atoms with E-state index in [0.717, 1.165) is 0 Å². The summed E-state index contributed by atoms with van der Waals surface area (Å²) in [5, 5.41) is 7.60. The average Bonchev–Trinajstić information content (AvgIpc) is 2.34. The van der Waals surface area contributed by atoms with E-state index in [1.54, 1.807) is 6.92 Å². The summed E-state index contributed by atoms with van der Waals surface area (Å²) < 4.78 is 4.63. The molecular weight excluding hydrogens is 258 g/mol. The third-order valence-electron chi connectivity index (χ3n) is 1.74. The van der Waals surface area contributed by atoms with Crippen LogP contribution in [0.4, 0.5) is 0 Å². The van der Waals surface area contributed by atoms with Crippen molar-refractivity contribution in [2.24, 2.45) is 0 Å². The molecule has 0 aromatic heterocycles. The minimum Gasteiger partial charge on any atom is -0.465 e. The van der Waals surface area contributed by atoms with Gasteiger partial charge >= 0.3 is 5.97 Å². The molecule has 2 amide bonds. The molecule has 0 heterocycles. The lowest BCUT2D eigenvalue weighted by atomic mass is 10.5. The van der Waals surface area contributed by atoms with Crippen LogP contribution in [0.25, 0.3) is 0 Å². The molecule has 0 radical (unpaired) electrons. The average molecular weight is 277 g/mol. The summed E-state index contributed by atoms with van der Waals surface area (Å²) in [7, 11) is 0. The van der Waals surface area contributed by atoms with Crippen molar-refractivity contribution in [3.8, 4) is 0 Å². The molecule has 104 valence electrons. The summed E-state index contributed by atoms with van der Waals surface area (Å²) in [4.78, 5) is 33.3. The maximum absolute atomic E-state index is 11.2. The molecule has 0 spiro atoms. The van der Waals surface area contributed by atoms with E-state index in [-0.39, 0.29) is 38.1 Å². The van der Waals surface area contributed by atoms with Crippen LogP contribution in [0.2, 0.25) is 0 Å². The van der Waals surface area contributed by atoms with Crippen molar-refractivity contribution in [3.63, 3.8) is 0 Å². The van der Waals surface area contributed by atoms with Crippen LogP contribution in [0.5, 0.6) is 0 Å². The van der Waals surface area contributed by atoms with Gasteiger partial charge < -0.3 is 15.4 Å². The summed E-state index contributed by atoms with van der Waals surface area (Å²) in [6.07, 6.45) is 0. The number of amides is 2. The van der Waals surface area contributed by atoms with Crippen LogP contribution >= 0.6 is 12.6 Å². The van der Waals surface area contributed by atoms with Gasteiger partial charge in [0.15, 0.2) is 0 Å². The van der Waals surface area contributed by atoms with Crippen molar-refractivity contribution >= 4 is 30.4 Å². The van der Waals surface area contributed by atoms with E-state index in [1.165, 1.54) is 0 Å². The Labute approximate surface area is 111 Å². The lowest BCUT2D eigenvalue weighted by Gasteiger charge is -2.06. The number of esters is 1. The fourth-order valence-corrected chi connectivity index (χ4v) is 1.10. The monoisotopic (exact) mass is 277 g/mol. The van der Waals surface area contributed by atoms with Crippen molar-refractivity contribution in [2.75, 3.05) is 38.5 Å². The first-order chi connectivity index (χ1) is 8.60. The van der Waals surface area contributed by atoms with Crippen molar-refractivity contribution in [3.05, 3.63) is 0 Å². The molecule has 0 rings (SSSR count). The first-order valence-electron chi connectivity index (χ1n) is 5.60. The number of hydrogen-bond acceptors (Lipinski definition) is 6. The second-order valence-electron chi connectivity index (χ2n) is 3.26. The Morgan fingerprint density at radius 1 is 1.06 bits per heavy atom. The van der Waals surface area contributed by atoms with Crippen LogP contribution in [-0.4, -0.2) is 56.3 Å². The Morgan fingerprint density at radius 3 is 2.22 bits per heavy atom. The third kappa shape index (κ3) is 9.91. The maximum Gasteiger partial charge on any atom is 0.325 e. The van der Waals surface area contributed by atoms with E-state index in [9.17, 15) is 14.4 Å². The molecule has 0 aliphatic heterocycles. The van der Waals surface area contributed by atoms with Crippen LogP contribution in [0.15, 0.2) is 0 Å². The van der Waals surface area contributed by atoms with Gasteiger partial charge in [-0.3, -0.25) is 19.7 Å². The second kappa shape index (κ2) is 10.8. The first kappa shape index (κ1) is 16.7. The van der Waals surface area contributed by atoms with Gasteiger partial charge in [-0.05, 0) is 6.92 Å². The third-order valence-corrected chi connectivity index (χ3v) is 1.96. The smallest absolute Gasteiger partial charge is 0.325 e. The molecule has 0 bridgehead atoms. The Morgan fingerprint density at radius 2 is 1.67 bits per heavy atom. The van der Waals surface area contributed by atoms with Crippen LogP contribution in [0, 0.1) is 0 Å². The molecule has 0 aromatic rings. The zero-order valence-corrected chi connectivity index (χ0v) is 11.2. The second-order valence-corrected chi connectivity index (χ2v) is 3.71. The van der Waals surface area contributed by atoms with Gasteiger partial charge in [-0.2, -0.15) is 12.6 Å². The molecule has 0 aliphatic rings. The van der Waals surface area contributed by atoms with Crippen molar-refractivity contribution in [1.29, 1.82) is 0 Å². The molecule has 0 atom stereocenters. The summed E-state index contributed by atoms with van der Waals surface area (Å²) in [5.74, 6) is -0.504. The number of rotatable bonds is 9. The van der Waals surface area contributed by atoms with E-state index in [0.29, 0.717) is 12.3 Å². The molecule has 0 unspecified atom stereocenters. The highest BCUT2D eigenvalue weighted by Gasteiger charge is 2.06. The van der Waals surface area contributed by atoms with Crippen molar-refractivity contribution < 1.29 is 19.1 Å². The van der Waals surface area contributed by atoms with Crippen LogP contribution in [0.1, 0.15) is 6.92 Å². The van der Waals surface area contributed by atoms with Gasteiger partial charge in [-0.25, -0.2) is 0 Å². The van der Waals surface area contributed by atoms with E-state index < -0.39 is 5.97 Å². The van der Waals surface area contributed by atoms with Gasteiger partial charge in [0, 0.05) is 12.3 Å². The number of nitrogens with one attached hydrogen (secondary N) is 3. The molecule has 0 aliphatic carbocycles. The zero-order chi connectivity index (χ0) is 13.8. The SMILES string of the molecule is CCOC(=O)CNC(=O)CNCC(=O)NCCS. The Bertz CT molecular complexity index is 286. The Kier molecular flexibility index (Phi) is 10.1. The number of hydrogen-bond donors (Lipinski definition) is 4. The van der Waals surface area contributed by atoms with Gasteiger partial charge in [0.05, 0.1) is 19.7 Å². The normalized spacial score (nSPS) is 9.67. The highest BCUT2D eigenvalue weighted by atomic mass is 32.1. The maximum atomic E-state index is 11.2. The molecule has 18 heavy (non-hydrogen) atoms. The summed E-state index contributed by atoms with van der Waals surface area (Å²) >= 11 is 3.94. The van der Waals surface area contributed by atoms with E-state index in [4.69, 9.17) is 0 Å². The van der Waals surface area contributed by atoms with Gasteiger partial charge in [0.2, 0.25) is 11.8 Å². The highest BCUT2D eigenvalue weighted by Crippen LogP contribution is 1.75. The molecule has 8 heteroatoms. The van der Waals surface area contributed by atoms with E-state index >= 15 is 0 Å². The van der Waals surface area contributed by atoms with Crippen molar-refractivity contribution in [2.45, 2.75) is 6.92 Å². The standard InChI is InChI=1S/C10H19N3O4S/c1-2-17-10(16)7-13-9(15)6-11-5-8(14)12-3-4-18/h11,18H,2-7H2,1H3,(H,12,14)(H,13,15). The number of thiol groups is 1. The minimum absolute atomic E-state index is 0.0340. The Hall–Kier alpha value is -1.28. The lowest BCUT2D eigenvalue weighted by Crippen LogP contribution is -2.41. The van der Waals surface area contributed by atoms with Gasteiger partial charge in [-0.15, -0.1) is 0 Å². The first-order valence-corrected chi connectivity index (χ1v) is 6.24. The van der Waals surface area contributed by atoms with E-state index in [2.05, 4.69) is 33.3 Å². The van der Waals surface area contributed by atoms with Gasteiger partial charge in [0.25, 0.3) is 0 Å². The largest absolute Gasteiger partial charge is 0.465 e. The summed E-state index contributed by atoms with van der Waals surface area (Å²) in [6.45, 7) is 2.29. The highest BCUT2D eigenvalue weighted by molar-refractivity contribution is 7.80. The summed E-state index contributed by atoms with van der Waals surface area (Å²) in [6, 6.07) is 0. The van der Waals surface area contributed by atoms with E-state index in [1.807, 2.05) is 0 Å². The molecule has 0 aromatic carbocycles. The topological polar surface area (TPSA) is 96.5 Å². The molecule has 0 saturated carbocycles. The quantitative estimate of drug-likeness (QED) is 0.298. The molecule has 7 nitrogen and oxygen atoms in total. The number of ether oxygens (including phenoxy) is 1. The van der Waals surface area contributed by atoms with Crippen LogP contribution in [-0.2, 0) is 19.1 Å². The predicted molar refractivity (Wildman–Crippen MR) is 69.4 cm³/mol. The van der Waals surface area contributed by atoms with Crippen LogP contribution in [0.3, 0.4) is 0 Å². The molecule has 0 saturated heterocycles. The fraction of sp³-hybridized carbons (Fsp3) is 0.700. The molecular formula is C10H19N3O4S. The van der Waals surface area contributed by atoms with Gasteiger partial charge in [-0.1, -0.05) is 0 Å². The fourth-order valence-electron chi connectivity index (χ4n) is 0.993. The number of carbonyl (C=O) groups excluding carboxylic acids is 3. The lowest BCUT2D eigenvalue weighted by molar-refractivity contribution is -0.143. The van der Waals surface area contributed by atoms with Crippen molar-refractivity contribution in [1.82, 2.24) is 16.0 Å². The zero-order valence-electron chi connectivity index (χ0n) is 10.3. The van der Waals surface area contributed by atoms with Gasteiger partial charge in [0.1, 0.15) is 6.54 Å². The predicted octanol–water partition coefficient (Wildman–Crippen LogP) is -1.70. The van der Waals surface area contributed by atoms with Crippen LogP contribution < -0.4 is 16.0 Å². The minimum atomic E-state index is -0.489. The molecule has 0 fully saturated rings. The molecule has 3 N–H and O–H groups in total. The summed E-state index contributed by atoms with van der Waals surface area (Å²) in [5.41, 5.74) is 0. The number of carbonyl (C=O) groups is 3.